The van der Waals surface area contributed by atoms with Gasteiger partial charge in [0.2, 0.25) is 0 Å². The van der Waals surface area contributed by atoms with Gasteiger partial charge >= 0.3 is 0 Å². The third-order valence-electron chi connectivity index (χ3n) is 0. The number of quaternary nitrogens is 2. The van der Waals surface area contributed by atoms with Gasteiger partial charge in [-0.05, 0) is 0 Å². The van der Waals surface area contributed by atoms with E-state index in [9.17, 15) is 0 Å². The van der Waals surface area contributed by atoms with E-state index >= 15 is 0 Å². The molecule has 0 spiro atoms. The molecule has 0 amide bonds. The summed E-state index contributed by atoms with van der Waals surface area (Å²) in [6.45, 7) is 1.57. The molecule has 0 heterocycles. The van der Waals surface area contributed by atoms with E-state index in [1.807, 2.05) is 0 Å². The molecule has 4 heteroatoms. The second kappa shape index (κ2) is 55.1. The first-order valence-electron chi connectivity index (χ1n) is 0.996. The fourth-order valence-electron chi connectivity index (χ4n) is 0. The smallest absolute Gasteiger partial charge is 0.0809 e. The third-order valence-corrected chi connectivity index (χ3v) is 0. The average Bonchev–Trinajstić information content (AvgIpc) is 0.918. The highest BCUT2D eigenvalue weighted by Gasteiger charge is 1.16. The molecule has 0 radical (unpaired) electrons. The lowest BCUT2D eigenvalue weighted by molar-refractivity contribution is -0.361. The van der Waals surface area contributed by atoms with Gasteiger partial charge in [0.1, 0.15) is 0 Å². The first-order chi connectivity index (χ1) is 1.41. The zero-order chi connectivity index (χ0) is 2.71. The Hall–Kier alpha value is 0.360. The number of halogens is 1. The minimum absolute atomic E-state index is 0. The van der Waals surface area contributed by atoms with Crippen molar-refractivity contribution in [1.29, 1.82) is 0 Å². The molecular formula is C2H13BrN2O. The summed E-state index contributed by atoms with van der Waals surface area (Å²) >= 11 is 0. The maximum atomic E-state index is 8.93. The van der Waals surface area contributed by atoms with E-state index in [1.165, 1.54) is 0 Å². The third kappa shape index (κ3) is 380. The fourth-order valence-corrected chi connectivity index (χ4v) is 0. The van der Waals surface area contributed by atoms with Crippen LogP contribution in [0, 0.1) is 0 Å². The minimum Gasteiger partial charge on any atom is -1.00 e. The topological polar surface area (TPSA) is 96.1 Å². The Morgan fingerprint density at radius 3 is 1.33 bits per heavy atom. The SMILES string of the molecule is CC[O-].[Br-].[NH4+].[NH4+]. The van der Waals surface area contributed by atoms with E-state index in [4.69, 9.17) is 5.11 Å². The molecule has 44 valence electrons. The van der Waals surface area contributed by atoms with Crippen molar-refractivity contribution in [3.05, 3.63) is 0 Å². The monoisotopic (exact) mass is 160 g/mol. The van der Waals surface area contributed by atoms with Crippen LogP contribution in [0.2, 0.25) is 0 Å². The Morgan fingerprint density at radius 1 is 1.33 bits per heavy atom. The van der Waals surface area contributed by atoms with Crippen molar-refractivity contribution in [2.45, 2.75) is 6.92 Å². The van der Waals surface area contributed by atoms with Crippen molar-refractivity contribution in [2.75, 3.05) is 6.61 Å². The molecule has 0 aromatic carbocycles. The van der Waals surface area contributed by atoms with Crippen LogP contribution in [-0.4, -0.2) is 6.61 Å². The van der Waals surface area contributed by atoms with Crippen LogP contribution < -0.4 is 34.4 Å². The molecule has 0 aromatic heterocycles. The standard InChI is InChI=1S/C2H5O.BrH.2H3N/c1-2-3;;;/h2H2,1H3;1H;2*1H3/q-1;;;/p+1. The maximum absolute atomic E-state index is 8.93. The summed E-state index contributed by atoms with van der Waals surface area (Å²) in [4.78, 5) is 0. The van der Waals surface area contributed by atoms with E-state index in [1.54, 1.807) is 6.92 Å². The highest BCUT2D eigenvalue weighted by Crippen LogP contribution is 1.18. The first-order valence-corrected chi connectivity index (χ1v) is 0.996. The lowest BCUT2D eigenvalue weighted by Crippen LogP contribution is -3.00. The molecular weight excluding hydrogens is 148 g/mol. The highest BCUT2D eigenvalue weighted by molar-refractivity contribution is 3.79. The van der Waals surface area contributed by atoms with Crippen LogP contribution >= 0.6 is 0 Å². The Balaban J connectivity index is -0.00000000667. The number of hydrogen-bond donors (Lipinski definition) is 2. The van der Waals surface area contributed by atoms with Gasteiger partial charge in [0.15, 0.2) is 0 Å². The molecule has 0 saturated heterocycles. The Labute approximate surface area is 48.7 Å². The van der Waals surface area contributed by atoms with Gasteiger partial charge in [-0.25, -0.2) is 0 Å². The largest absolute Gasteiger partial charge is 1.00 e. The van der Waals surface area contributed by atoms with Gasteiger partial charge in [0.05, 0.1) is 0 Å². The predicted molar refractivity (Wildman–Crippen MR) is 22.5 cm³/mol. The van der Waals surface area contributed by atoms with Crippen LogP contribution in [0.15, 0.2) is 0 Å². The Bertz CT molecular complexity index is 11.5. The van der Waals surface area contributed by atoms with E-state index in [0.29, 0.717) is 0 Å². The predicted octanol–water partition coefficient (Wildman–Crippen LogP) is -2.88. The molecule has 0 aliphatic carbocycles. The van der Waals surface area contributed by atoms with Gasteiger partial charge in [-0.3, -0.25) is 0 Å². The molecule has 0 bridgehead atoms. The molecule has 0 fully saturated rings. The summed E-state index contributed by atoms with van der Waals surface area (Å²) in [5.74, 6) is 0. The molecule has 0 unspecified atom stereocenters. The second-order valence-electron chi connectivity index (χ2n) is 0.289. The highest BCUT2D eigenvalue weighted by atomic mass is 79.9. The first kappa shape index (κ1) is 32.8. The Kier molecular flexibility index (Phi) is 301. The van der Waals surface area contributed by atoms with Crippen molar-refractivity contribution < 1.29 is 22.1 Å². The van der Waals surface area contributed by atoms with Gasteiger partial charge in [0, 0.05) is 0 Å². The van der Waals surface area contributed by atoms with Gasteiger partial charge in [-0.2, -0.15) is 0 Å². The van der Waals surface area contributed by atoms with Crippen LogP contribution in [0.25, 0.3) is 0 Å². The fraction of sp³-hybridized carbons (Fsp3) is 1.00. The van der Waals surface area contributed by atoms with Crippen LogP contribution in [0.3, 0.4) is 0 Å². The van der Waals surface area contributed by atoms with E-state index in [0.717, 1.165) is 0 Å². The number of rotatable bonds is 0. The minimum atomic E-state index is 0. The average molecular weight is 161 g/mol. The van der Waals surface area contributed by atoms with Crippen LogP contribution in [0.1, 0.15) is 6.92 Å². The van der Waals surface area contributed by atoms with Crippen molar-refractivity contribution in [3.63, 3.8) is 0 Å². The summed E-state index contributed by atoms with van der Waals surface area (Å²) < 4.78 is 0. The number of hydrogen-bond acceptors (Lipinski definition) is 1. The molecule has 0 rings (SSSR count). The van der Waals surface area contributed by atoms with Crippen molar-refractivity contribution >= 4 is 0 Å². The van der Waals surface area contributed by atoms with Gasteiger partial charge in [0.25, 0.3) is 0 Å². The summed E-state index contributed by atoms with van der Waals surface area (Å²) in [6, 6.07) is 0. The normalized spacial score (nSPS) is 3.00. The van der Waals surface area contributed by atoms with Crippen LogP contribution in [-0.2, 0) is 0 Å². The lowest BCUT2D eigenvalue weighted by Gasteiger charge is -1.79. The lowest BCUT2D eigenvalue weighted by atomic mass is 10.9. The summed E-state index contributed by atoms with van der Waals surface area (Å²) in [7, 11) is 0. The Morgan fingerprint density at radius 2 is 1.33 bits per heavy atom. The molecule has 0 aliphatic rings. The maximum Gasteiger partial charge on any atom is -0.0809 e. The molecule has 8 N–H and O–H groups in total. The molecule has 3 nitrogen and oxygen atoms in total. The van der Waals surface area contributed by atoms with E-state index < -0.39 is 0 Å². The molecule has 0 saturated carbocycles. The van der Waals surface area contributed by atoms with Crippen molar-refractivity contribution in [3.8, 4) is 0 Å². The molecule has 0 aromatic rings. The van der Waals surface area contributed by atoms with Gasteiger partial charge in [-0.1, -0.05) is 6.92 Å². The van der Waals surface area contributed by atoms with Crippen LogP contribution in [0.4, 0.5) is 0 Å². The van der Waals surface area contributed by atoms with Gasteiger partial charge in [-0.15, -0.1) is 6.61 Å². The molecule has 0 atom stereocenters. The quantitative estimate of drug-likeness (QED) is 0.392. The van der Waals surface area contributed by atoms with Crippen LogP contribution in [0.5, 0.6) is 0 Å². The second-order valence-corrected chi connectivity index (χ2v) is 0.289. The van der Waals surface area contributed by atoms with Crippen molar-refractivity contribution in [1.82, 2.24) is 12.3 Å². The molecule has 0 aliphatic heterocycles. The summed E-state index contributed by atoms with van der Waals surface area (Å²) in [6.07, 6.45) is 0. The van der Waals surface area contributed by atoms with Crippen molar-refractivity contribution in [2.24, 2.45) is 0 Å². The summed E-state index contributed by atoms with van der Waals surface area (Å²) in [5.41, 5.74) is 0. The summed E-state index contributed by atoms with van der Waals surface area (Å²) in [5, 5.41) is 8.93. The zero-order valence-corrected chi connectivity index (χ0v) is 6.08. The zero-order valence-electron chi connectivity index (χ0n) is 4.49. The van der Waals surface area contributed by atoms with Gasteiger partial charge < -0.3 is 34.4 Å². The molecule has 6 heavy (non-hydrogen) atoms. The van der Waals surface area contributed by atoms with E-state index in [-0.39, 0.29) is 35.9 Å². The van der Waals surface area contributed by atoms with E-state index in [2.05, 4.69) is 0 Å².